The highest BCUT2D eigenvalue weighted by Crippen LogP contribution is 2.27. The summed E-state index contributed by atoms with van der Waals surface area (Å²) in [5.41, 5.74) is 0.269. The molecule has 0 amide bonds. The van der Waals surface area contributed by atoms with Gasteiger partial charge in [0.1, 0.15) is 0 Å². The first kappa shape index (κ1) is 16.0. The van der Waals surface area contributed by atoms with E-state index in [2.05, 4.69) is 53.8 Å². The van der Waals surface area contributed by atoms with E-state index in [1.165, 1.54) is 19.3 Å². The van der Waals surface area contributed by atoms with Gasteiger partial charge in [-0.05, 0) is 44.6 Å². The summed E-state index contributed by atoms with van der Waals surface area (Å²) < 4.78 is 0. The van der Waals surface area contributed by atoms with Gasteiger partial charge in [0.2, 0.25) is 0 Å². The largest absolute Gasteiger partial charge is 0.311 e. The van der Waals surface area contributed by atoms with Crippen LogP contribution in [0.25, 0.3) is 0 Å². The van der Waals surface area contributed by atoms with Gasteiger partial charge in [-0.3, -0.25) is 0 Å². The Morgan fingerprint density at radius 1 is 1.06 bits per heavy atom. The Balaban J connectivity index is 4.21. The van der Waals surface area contributed by atoms with E-state index < -0.39 is 0 Å². The quantitative estimate of drug-likeness (QED) is 0.645. The molecule has 0 aromatic rings. The van der Waals surface area contributed by atoms with Gasteiger partial charge in [0.25, 0.3) is 0 Å². The molecule has 0 heterocycles. The molecule has 2 atom stereocenters. The lowest BCUT2D eigenvalue weighted by atomic mass is 9.77. The van der Waals surface area contributed by atoms with Gasteiger partial charge in [0, 0.05) is 5.54 Å². The molecule has 0 aromatic heterocycles. The van der Waals surface area contributed by atoms with Gasteiger partial charge < -0.3 is 5.32 Å². The molecule has 0 rings (SSSR count). The maximum Gasteiger partial charge on any atom is 0.0155 e. The Hall–Kier alpha value is -0.0400. The minimum Gasteiger partial charge on any atom is -0.311 e. The van der Waals surface area contributed by atoms with Crippen molar-refractivity contribution in [2.24, 2.45) is 17.8 Å². The third-order valence-corrected chi connectivity index (χ3v) is 3.86. The maximum atomic E-state index is 3.78. The van der Waals surface area contributed by atoms with Crippen molar-refractivity contribution >= 4 is 0 Å². The van der Waals surface area contributed by atoms with Crippen LogP contribution in [0.4, 0.5) is 0 Å². The zero-order valence-corrected chi connectivity index (χ0v) is 12.6. The van der Waals surface area contributed by atoms with Crippen molar-refractivity contribution in [3.63, 3.8) is 0 Å². The smallest absolute Gasteiger partial charge is 0.0155 e. The molecule has 0 spiro atoms. The molecule has 1 heteroatoms. The molecule has 0 bridgehead atoms. The highest BCUT2D eigenvalue weighted by Gasteiger charge is 2.29. The summed E-state index contributed by atoms with van der Waals surface area (Å²) in [6.45, 7) is 17.5. The second-order valence-corrected chi connectivity index (χ2v) is 6.26. The molecule has 0 saturated carbocycles. The molecule has 1 N–H and O–H groups in total. The second-order valence-electron chi connectivity index (χ2n) is 6.26. The predicted octanol–water partition coefficient (Wildman–Crippen LogP) is 4.47. The third-order valence-electron chi connectivity index (χ3n) is 3.86. The molecule has 0 aliphatic carbocycles. The molecule has 0 radical (unpaired) electrons. The van der Waals surface area contributed by atoms with Crippen molar-refractivity contribution in [3.05, 3.63) is 0 Å². The van der Waals surface area contributed by atoms with E-state index in [-0.39, 0.29) is 5.54 Å². The van der Waals surface area contributed by atoms with E-state index in [0.29, 0.717) is 0 Å². The molecule has 0 fully saturated rings. The summed E-state index contributed by atoms with van der Waals surface area (Å²) in [5.74, 6) is 2.32. The predicted molar refractivity (Wildman–Crippen MR) is 74.8 cm³/mol. The van der Waals surface area contributed by atoms with Crippen LogP contribution in [-0.4, -0.2) is 12.1 Å². The minimum atomic E-state index is 0.269. The van der Waals surface area contributed by atoms with Crippen LogP contribution >= 0.6 is 0 Å². The maximum absolute atomic E-state index is 3.78. The molecule has 98 valence electrons. The summed E-state index contributed by atoms with van der Waals surface area (Å²) in [6, 6.07) is 0. The Morgan fingerprint density at radius 2 is 1.62 bits per heavy atom. The van der Waals surface area contributed by atoms with E-state index in [1.54, 1.807) is 0 Å². The van der Waals surface area contributed by atoms with Crippen molar-refractivity contribution in [3.8, 4) is 0 Å². The normalized spacial score (nSPS) is 16.5. The van der Waals surface area contributed by atoms with Crippen LogP contribution < -0.4 is 5.32 Å². The van der Waals surface area contributed by atoms with Crippen molar-refractivity contribution in [2.45, 2.75) is 73.3 Å². The molecule has 0 aromatic carbocycles. The summed E-state index contributed by atoms with van der Waals surface area (Å²) in [6.07, 6.45) is 3.89. The zero-order valence-electron chi connectivity index (χ0n) is 12.6. The summed E-state index contributed by atoms with van der Waals surface area (Å²) >= 11 is 0. The van der Waals surface area contributed by atoms with Gasteiger partial charge in [-0.25, -0.2) is 0 Å². The molecule has 1 nitrogen and oxygen atoms in total. The van der Waals surface area contributed by atoms with Gasteiger partial charge in [0.05, 0.1) is 0 Å². The fraction of sp³-hybridized carbons (Fsp3) is 1.00. The van der Waals surface area contributed by atoms with Gasteiger partial charge in [-0.1, -0.05) is 47.5 Å². The van der Waals surface area contributed by atoms with Crippen molar-refractivity contribution in [1.29, 1.82) is 0 Å². The van der Waals surface area contributed by atoms with Gasteiger partial charge in [-0.2, -0.15) is 0 Å². The van der Waals surface area contributed by atoms with Crippen LogP contribution in [0.2, 0.25) is 0 Å². The second kappa shape index (κ2) is 7.32. The highest BCUT2D eigenvalue weighted by atomic mass is 15.0. The lowest BCUT2D eigenvalue weighted by Gasteiger charge is -2.38. The first-order valence-electron chi connectivity index (χ1n) is 7.10. The molecule has 0 aliphatic rings. The number of rotatable bonds is 8. The Labute approximate surface area is 103 Å². The van der Waals surface area contributed by atoms with Gasteiger partial charge in [-0.15, -0.1) is 0 Å². The first-order valence-corrected chi connectivity index (χ1v) is 7.10. The van der Waals surface area contributed by atoms with E-state index in [9.17, 15) is 0 Å². The van der Waals surface area contributed by atoms with E-state index in [4.69, 9.17) is 0 Å². The molecule has 16 heavy (non-hydrogen) atoms. The number of hydrogen-bond acceptors (Lipinski definition) is 1. The third kappa shape index (κ3) is 5.34. The van der Waals surface area contributed by atoms with Crippen LogP contribution in [-0.2, 0) is 0 Å². The number of nitrogens with one attached hydrogen (secondary N) is 1. The molecule has 0 saturated heterocycles. The summed E-state index contributed by atoms with van der Waals surface area (Å²) in [5, 5.41) is 3.78. The first-order chi connectivity index (χ1) is 7.35. The summed E-state index contributed by atoms with van der Waals surface area (Å²) in [4.78, 5) is 0. The van der Waals surface area contributed by atoms with Crippen molar-refractivity contribution in [1.82, 2.24) is 5.32 Å². The molecular weight excluding hydrogens is 194 g/mol. The Bertz CT molecular complexity index is 172. The average molecular weight is 227 g/mol. The zero-order chi connectivity index (χ0) is 12.8. The Kier molecular flexibility index (Phi) is 7.30. The van der Waals surface area contributed by atoms with E-state index >= 15 is 0 Å². The van der Waals surface area contributed by atoms with Crippen LogP contribution in [0.3, 0.4) is 0 Å². The van der Waals surface area contributed by atoms with E-state index in [0.717, 1.165) is 24.3 Å². The lowest BCUT2D eigenvalue weighted by molar-refractivity contribution is 0.181. The van der Waals surface area contributed by atoms with Crippen LogP contribution in [0.15, 0.2) is 0 Å². The lowest BCUT2D eigenvalue weighted by Crippen LogP contribution is -2.49. The number of hydrogen-bond donors (Lipinski definition) is 1. The van der Waals surface area contributed by atoms with Crippen LogP contribution in [0.5, 0.6) is 0 Å². The molecule has 0 aliphatic heterocycles. The highest BCUT2D eigenvalue weighted by molar-refractivity contribution is 4.87. The Morgan fingerprint density at radius 3 is 2.00 bits per heavy atom. The standard InChI is InChI=1S/C15H33N/c1-8-10-13(5)11-16-15(6,7)14(9-2)12(3)4/h12-14,16H,8-11H2,1-7H3. The van der Waals surface area contributed by atoms with Crippen LogP contribution in [0.1, 0.15) is 67.7 Å². The van der Waals surface area contributed by atoms with E-state index in [1.807, 2.05) is 0 Å². The molecular formula is C15H33N. The van der Waals surface area contributed by atoms with Crippen molar-refractivity contribution < 1.29 is 0 Å². The van der Waals surface area contributed by atoms with Gasteiger partial charge in [0.15, 0.2) is 0 Å². The van der Waals surface area contributed by atoms with Gasteiger partial charge >= 0.3 is 0 Å². The fourth-order valence-electron chi connectivity index (χ4n) is 2.98. The SMILES string of the molecule is CCCC(C)CNC(C)(C)C(CC)C(C)C. The summed E-state index contributed by atoms with van der Waals surface area (Å²) in [7, 11) is 0. The van der Waals surface area contributed by atoms with Crippen LogP contribution in [0, 0.1) is 17.8 Å². The fourth-order valence-corrected chi connectivity index (χ4v) is 2.98. The monoisotopic (exact) mass is 227 g/mol. The van der Waals surface area contributed by atoms with Crippen molar-refractivity contribution in [2.75, 3.05) is 6.54 Å². The average Bonchev–Trinajstić information content (AvgIpc) is 2.15. The minimum absolute atomic E-state index is 0.269. The topological polar surface area (TPSA) is 12.0 Å². The molecule has 2 unspecified atom stereocenters.